The Labute approximate surface area is 161 Å². The Morgan fingerprint density at radius 2 is 1.96 bits per heavy atom. The van der Waals surface area contributed by atoms with Crippen LogP contribution < -0.4 is 11.1 Å². The Morgan fingerprint density at radius 3 is 2.43 bits per heavy atom. The fourth-order valence-corrected chi connectivity index (χ4v) is 4.87. The predicted octanol–water partition coefficient (Wildman–Crippen LogP) is 2.89. The number of carbonyl (C=O) groups is 2. The molecule has 0 aromatic carbocycles. The van der Waals surface area contributed by atoms with E-state index in [4.69, 9.17) is 5.73 Å². The van der Waals surface area contributed by atoms with Crippen molar-refractivity contribution in [3.05, 3.63) is 29.6 Å². The van der Waals surface area contributed by atoms with E-state index >= 15 is 0 Å². The zero-order valence-corrected chi connectivity index (χ0v) is 16.1. The highest BCUT2D eigenvalue weighted by atomic mass is 19.4. The molecule has 0 bridgehead atoms. The van der Waals surface area contributed by atoms with Crippen molar-refractivity contribution in [1.82, 2.24) is 15.2 Å². The van der Waals surface area contributed by atoms with Crippen LogP contribution in [0.25, 0.3) is 0 Å². The van der Waals surface area contributed by atoms with Gasteiger partial charge in [0.05, 0.1) is 0 Å². The Balaban J connectivity index is 2.06. The number of aromatic nitrogens is 1. The first-order valence-corrected chi connectivity index (χ1v) is 9.25. The number of rotatable bonds is 3. The van der Waals surface area contributed by atoms with Gasteiger partial charge in [-0.25, -0.2) is 4.79 Å². The predicted molar refractivity (Wildman–Crippen MR) is 96.2 cm³/mol. The standard InChI is InChI=1S/C19H25F3N4O2/c1-17(2)8-12(9-17)14(11-4-5-13(25-10-11)19(20,21)22)18(3)15(27)24-6-7-26(18)16(23)28/h4-5,10,12,14H,6-9H2,1-3H3,(H2,23,28)(H,24,27)/t14-,18?/m0/s1. The summed E-state index contributed by atoms with van der Waals surface area (Å²) in [5, 5.41) is 2.78. The molecule has 2 atom stereocenters. The molecule has 0 radical (unpaired) electrons. The van der Waals surface area contributed by atoms with Crippen LogP contribution in [0, 0.1) is 11.3 Å². The number of pyridine rings is 1. The molecule has 1 aromatic rings. The van der Waals surface area contributed by atoms with Crippen LogP contribution in [0.5, 0.6) is 0 Å². The van der Waals surface area contributed by atoms with E-state index in [0.29, 0.717) is 5.56 Å². The minimum atomic E-state index is -4.54. The van der Waals surface area contributed by atoms with Gasteiger partial charge in [0, 0.05) is 25.2 Å². The lowest BCUT2D eigenvalue weighted by Crippen LogP contribution is -2.69. The second-order valence-electron chi connectivity index (χ2n) is 8.68. The molecule has 3 N–H and O–H groups in total. The number of urea groups is 1. The number of piperazine rings is 1. The molecule has 9 heteroatoms. The molecular weight excluding hydrogens is 373 g/mol. The number of hydrogen-bond acceptors (Lipinski definition) is 3. The van der Waals surface area contributed by atoms with Crippen LogP contribution in [0.2, 0.25) is 0 Å². The first-order chi connectivity index (χ1) is 12.9. The molecular formula is C19H25F3N4O2. The number of hydrogen-bond donors (Lipinski definition) is 2. The molecule has 2 heterocycles. The number of halogens is 3. The second-order valence-corrected chi connectivity index (χ2v) is 8.68. The fraction of sp³-hybridized carbons (Fsp3) is 0.632. The van der Waals surface area contributed by atoms with Crippen molar-refractivity contribution in [3.63, 3.8) is 0 Å². The molecule has 28 heavy (non-hydrogen) atoms. The molecule has 3 amide bonds. The van der Waals surface area contributed by atoms with E-state index < -0.39 is 29.4 Å². The molecule has 1 aliphatic carbocycles. The van der Waals surface area contributed by atoms with Crippen molar-refractivity contribution in [1.29, 1.82) is 0 Å². The topological polar surface area (TPSA) is 88.3 Å². The number of carbonyl (C=O) groups excluding carboxylic acids is 2. The fourth-order valence-electron chi connectivity index (χ4n) is 4.87. The maximum atomic E-state index is 12.9. The summed E-state index contributed by atoms with van der Waals surface area (Å²) < 4.78 is 38.8. The molecule has 1 saturated heterocycles. The zero-order chi connectivity index (χ0) is 20.9. The van der Waals surface area contributed by atoms with E-state index in [-0.39, 0.29) is 30.3 Å². The minimum Gasteiger partial charge on any atom is -0.352 e. The van der Waals surface area contributed by atoms with E-state index in [9.17, 15) is 22.8 Å². The molecule has 2 aliphatic rings. The lowest BCUT2D eigenvalue weighted by Gasteiger charge is -2.55. The van der Waals surface area contributed by atoms with Crippen LogP contribution in [0.3, 0.4) is 0 Å². The van der Waals surface area contributed by atoms with Gasteiger partial charge in [0.2, 0.25) is 5.91 Å². The van der Waals surface area contributed by atoms with Gasteiger partial charge in [-0.3, -0.25) is 9.78 Å². The third kappa shape index (κ3) is 3.42. The smallest absolute Gasteiger partial charge is 0.352 e. The van der Waals surface area contributed by atoms with Crippen LogP contribution in [0.15, 0.2) is 18.3 Å². The number of nitrogens with two attached hydrogens (primary N) is 1. The summed E-state index contributed by atoms with van der Waals surface area (Å²) in [4.78, 5) is 29.9. The number of primary amides is 1. The third-order valence-corrected chi connectivity index (χ3v) is 6.05. The highest BCUT2D eigenvalue weighted by molar-refractivity contribution is 5.92. The van der Waals surface area contributed by atoms with Gasteiger partial charge in [0.25, 0.3) is 0 Å². The summed E-state index contributed by atoms with van der Waals surface area (Å²) in [7, 11) is 0. The van der Waals surface area contributed by atoms with Crippen LogP contribution in [0.4, 0.5) is 18.0 Å². The van der Waals surface area contributed by atoms with Crippen LogP contribution in [-0.4, -0.2) is 40.5 Å². The van der Waals surface area contributed by atoms with E-state index in [0.717, 1.165) is 18.9 Å². The molecule has 2 fully saturated rings. The van der Waals surface area contributed by atoms with Gasteiger partial charge < -0.3 is 16.0 Å². The Morgan fingerprint density at radius 1 is 1.32 bits per heavy atom. The van der Waals surface area contributed by atoms with Crippen LogP contribution >= 0.6 is 0 Å². The molecule has 0 spiro atoms. The molecule has 3 rings (SSSR count). The Bertz CT molecular complexity index is 770. The first kappa shape index (κ1) is 20.4. The van der Waals surface area contributed by atoms with E-state index in [1.54, 1.807) is 6.92 Å². The second kappa shape index (κ2) is 6.63. The summed E-state index contributed by atoms with van der Waals surface area (Å²) in [6, 6.07) is 1.56. The highest BCUT2D eigenvalue weighted by Crippen LogP contribution is 2.55. The largest absolute Gasteiger partial charge is 0.433 e. The lowest BCUT2D eigenvalue weighted by atomic mass is 9.55. The van der Waals surface area contributed by atoms with E-state index in [2.05, 4.69) is 24.1 Å². The van der Waals surface area contributed by atoms with Gasteiger partial charge in [-0.15, -0.1) is 0 Å². The normalized spacial score (nSPS) is 26.4. The van der Waals surface area contributed by atoms with Crippen molar-refractivity contribution < 1.29 is 22.8 Å². The molecule has 154 valence electrons. The van der Waals surface area contributed by atoms with Gasteiger partial charge in [-0.05, 0) is 42.7 Å². The SMILES string of the molecule is CC1(C)CC([C@H](c2ccc(C(F)(F)F)nc2)C2(C)C(=O)NCCN2C(N)=O)C1. The summed E-state index contributed by atoms with van der Waals surface area (Å²) in [5.41, 5.74) is 3.84. The summed E-state index contributed by atoms with van der Waals surface area (Å²) in [6.45, 7) is 6.37. The van der Waals surface area contributed by atoms with Crippen molar-refractivity contribution in [2.75, 3.05) is 13.1 Å². The van der Waals surface area contributed by atoms with Gasteiger partial charge in [0.15, 0.2) is 0 Å². The molecule has 1 aromatic heterocycles. The number of nitrogens with one attached hydrogen (secondary N) is 1. The van der Waals surface area contributed by atoms with Crippen molar-refractivity contribution in [3.8, 4) is 0 Å². The van der Waals surface area contributed by atoms with Crippen molar-refractivity contribution in [2.24, 2.45) is 17.1 Å². The van der Waals surface area contributed by atoms with E-state index in [1.165, 1.54) is 17.2 Å². The maximum absolute atomic E-state index is 12.9. The van der Waals surface area contributed by atoms with Gasteiger partial charge in [-0.1, -0.05) is 19.9 Å². The summed E-state index contributed by atoms with van der Waals surface area (Å²) in [6.07, 6.45) is -1.80. The molecule has 1 aliphatic heterocycles. The zero-order valence-electron chi connectivity index (χ0n) is 16.1. The minimum absolute atomic E-state index is 0.0178. The summed E-state index contributed by atoms with van der Waals surface area (Å²) >= 11 is 0. The number of alkyl halides is 3. The van der Waals surface area contributed by atoms with E-state index in [1.807, 2.05) is 0 Å². The number of nitrogens with zero attached hydrogens (tertiary/aromatic N) is 2. The van der Waals surface area contributed by atoms with Crippen molar-refractivity contribution in [2.45, 2.75) is 51.2 Å². The monoisotopic (exact) mass is 398 g/mol. The van der Waals surface area contributed by atoms with Crippen molar-refractivity contribution >= 4 is 11.9 Å². The lowest BCUT2D eigenvalue weighted by molar-refractivity contribution is -0.141. The molecule has 1 unspecified atom stereocenters. The number of amides is 3. The Hall–Kier alpha value is -2.32. The first-order valence-electron chi connectivity index (χ1n) is 9.25. The molecule has 6 nitrogen and oxygen atoms in total. The average Bonchev–Trinajstić information content (AvgIpc) is 2.55. The van der Waals surface area contributed by atoms with Crippen LogP contribution in [-0.2, 0) is 11.0 Å². The van der Waals surface area contributed by atoms with Gasteiger partial charge in [-0.2, -0.15) is 13.2 Å². The third-order valence-electron chi connectivity index (χ3n) is 6.05. The summed E-state index contributed by atoms with van der Waals surface area (Å²) in [5.74, 6) is -0.848. The maximum Gasteiger partial charge on any atom is 0.433 e. The highest BCUT2D eigenvalue weighted by Gasteiger charge is 2.56. The van der Waals surface area contributed by atoms with Gasteiger partial charge >= 0.3 is 12.2 Å². The van der Waals surface area contributed by atoms with Crippen LogP contribution in [0.1, 0.15) is 50.8 Å². The molecule has 1 saturated carbocycles. The van der Waals surface area contributed by atoms with Gasteiger partial charge in [0.1, 0.15) is 11.2 Å². The Kier molecular flexibility index (Phi) is 4.84. The quantitative estimate of drug-likeness (QED) is 0.821. The average molecular weight is 398 g/mol.